The number of piperazine rings is 1. The molecule has 0 spiro atoms. The van der Waals surface area contributed by atoms with Crippen LogP contribution in [0.1, 0.15) is 69.9 Å². The molecule has 1 saturated carbocycles. The summed E-state index contributed by atoms with van der Waals surface area (Å²) in [5.41, 5.74) is 1.03. The number of amides is 1. The zero-order chi connectivity index (χ0) is 20.1. The second-order valence-electron chi connectivity index (χ2n) is 9.13. The third-order valence-corrected chi connectivity index (χ3v) is 6.92. The molecule has 2 aliphatic heterocycles. The van der Waals surface area contributed by atoms with E-state index in [9.17, 15) is 4.79 Å². The van der Waals surface area contributed by atoms with Crippen molar-refractivity contribution in [2.45, 2.75) is 71.1 Å². The van der Waals surface area contributed by atoms with Gasteiger partial charge < -0.3 is 14.7 Å². The molecule has 6 nitrogen and oxygen atoms in total. The van der Waals surface area contributed by atoms with Crippen molar-refractivity contribution in [3.63, 3.8) is 0 Å². The Kier molecular flexibility index (Phi) is 6.88. The molecule has 1 aromatic heterocycles. The van der Waals surface area contributed by atoms with E-state index in [0.717, 1.165) is 75.5 Å². The van der Waals surface area contributed by atoms with Crippen molar-refractivity contribution in [2.24, 2.45) is 5.92 Å². The minimum absolute atomic E-state index is 0.350. The molecule has 0 unspecified atom stereocenters. The first-order chi connectivity index (χ1) is 14.2. The first kappa shape index (κ1) is 20.4. The van der Waals surface area contributed by atoms with Crippen molar-refractivity contribution < 1.29 is 4.79 Å². The van der Waals surface area contributed by atoms with Crippen molar-refractivity contribution >= 4 is 17.7 Å². The van der Waals surface area contributed by atoms with Crippen LogP contribution in [0.3, 0.4) is 0 Å². The number of anilines is 2. The van der Waals surface area contributed by atoms with E-state index >= 15 is 0 Å². The lowest BCUT2D eigenvalue weighted by atomic mass is 9.86. The van der Waals surface area contributed by atoms with Crippen molar-refractivity contribution in [3.8, 4) is 0 Å². The summed E-state index contributed by atoms with van der Waals surface area (Å²) in [5, 5.41) is 0. The van der Waals surface area contributed by atoms with Crippen LogP contribution in [0.2, 0.25) is 0 Å². The van der Waals surface area contributed by atoms with Crippen LogP contribution >= 0.6 is 0 Å². The zero-order valence-electron chi connectivity index (χ0n) is 18.1. The van der Waals surface area contributed by atoms with E-state index < -0.39 is 0 Å². The molecule has 0 N–H and O–H groups in total. The highest BCUT2D eigenvalue weighted by atomic mass is 16.2. The van der Waals surface area contributed by atoms with Crippen LogP contribution in [-0.2, 0) is 4.79 Å². The minimum Gasteiger partial charge on any atom is -0.353 e. The average molecular weight is 400 g/mol. The highest BCUT2D eigenvalue weighted by molar-refractivity contribution is 5.76. The van der Waals surface area contributed by atoms with Crippen molar-refractivity contribution in [1.82, 2.24) is 14.9 Å². The van der Waals surface area contributed by atoms with E-state index in [1.54, 1.807) is 0 Å². The summed E-state index contributed by atoms with van der Waals surface area (Å²) in [5.74, 6) is 3.03. The van der Waals surface area contributed by atoms with Gasteiger partial charge in [0.1, 0.15) is 5.82 Å². The number of aryl methyl sites for hydroxylation is 1. The normalized spacial score (nSPS) is 21.5. The Balaban J connectivity index is 1.29. The van der Waals surface area contributed by atoms with E-state index in [2.05, 4.69) is 32.7 Å². The van der Waals surface area contributed by atoms with E-state index in [1.807, 2.05) is 0 Å². The van der Waals surface area contributed by atoms with Crippen LogP contribution in [0.25, 0.3) is 0 Å². The van der Waals surface area contributed by atoms with Crippen LogP contribution in [0.5, 0.6) is 0 Å². The summed E-state index contributed by atoms with van der Waals surface area (Å²) in [7, 11) is 0. The van der Waals surface area contributed by atoms with E-state index in [0.29, 0.717) is 5.91 Å². The van der Waals surface area contributed by atoms with Gasteiger partial charge in [0.25, 0.3) is 0 Å². The van der Waals surface area contributed by atoms with Gasteiger partial charge in [0.15, 0.2) is 0 Å². The molecule has 1 aliphatic carbocycles. The number of hydrogen-bond donors (Lipinski definition) is 0. The molecule has 6 heteroatoms. The summed E-state index contributed by atoms with van der Waals surface area (Å²) in [6, 6.07) is 2.09. The Bertz CT molecular complexity index is 674. The van der Waals surface area contributed by atoms with Crippen molar-refractivity contribution in [2.75, 3.05) is 49.1 Å². The van der Waals surface area contributed by atoms with Crippen molar-refractivity contribution in [1.29, 1.82) is 0 Å². The number of nitrogens with zero attached hydrogens (tertiary/aromatic N) is 5. The molecule has 29 heavy (non-hydrogen) atoms. The molecule has 160 valence electrons. The van der Waals surface area contributed by atoms with Crippen molar-refractivity contribution in [3.05, 3.63) is 11.8 Å². The molecule has 0 aromatic carbocycles. The summed E-state index contributed by atoms with van der Waals surface area (Å²) < 4.78 is 0. The first-order valence-corrected chi connectivity index (χ1v) is 11.8. The third kappa shape index (κ3) is 5.40. The fourth-order valence-corrected chi connectivity index (χ4v) is 5.08. The molecular formula is C23H37N5O. The van der Waals surface area contributed by atoms with E-state index in [4.69, 9.17) is 4.98 Å². The fraction of sp³-hybridized carbons (Fsp3) is 0.783. The van der Waals surface area contributed by atoms with Gasteiger partial charge in [-0.15, -0.1) is 0 Å². The second kappa shape index (κ2) is 9.77. The lowest BCUT2D eigenvalue weighted by molar-refractivity contribution is -0.131. The lowest BCUT2D eigenvalue weighted by Gasteiger charge is -2.36. The van der Waals surface area contributed by atoms with Gasteiger partial charge in [-0.05, 0) is 38.5 Å². The monoisotopic (exact) mass is 399 g/mol. The van der Waals surface area contributed by atoms with Crippen LogP contribution in [-0.4, -0.2) is 60.0 Å². The average Bonchev–Trinajstić information content (AvgIpc) is 2.78. The van der Waals surface area contributed by atoms with Crippen LogP contribution in [0.15, 0.2) is 6.07 Å². The highest BCUT2D eigenvalue weighted by Gasteiger charge is 2.24. The molecule has 3 heterocycles. The summed E-state index contributed by atoms with van der Waals surface area (Å²) in [4.78, 5) is 29.0. The topological polar surface area (TPSA) is 52.6 Å². The lowest BCUT2D eigenvalue weighted by Crippen LogP contribution is -2.49. The van der Waals surface area contributed by atoms with Crippen LogP contribution < -0.4 is 9.80 Å². The van der Waals surface area contributed by atoms with E-state index in [-0.39, 0.29) is 0 Å². The van der Waals surface area contributed by atoms with Gasteiger partial charge in [0.2, 0.25) is 11.9 Å². The fourth-order valence-electron chi connectivity index (χ4n) is 5.08. The number of rotatable bonds is 5. The van der Waals surface area contributed by atoms with Gasteiger partial charge in [-0.3, -0.25) is 4.79 Å². The predicted molar refractivity (Wildman–Crippen MR) is 117 cm³/mol. The number of aromatic nitrogens is 2. The number of carbonyl (C=O) groups excluding carboxylic acids is 1. The molecule has 0 atom stereocenters. The number of hydrogen-bond acceptors (Lipinski definition) is 5. The summed E-state index contributed by atoms with van der Waals surface area (Å²) >= 11 is 0. The van der Waals surface area contributed by atoms with Gasteiger partial charge in [-0.1, -0.05) is 32.1 Å². The standard InChI is InChI=1S/C23H37N5O/c1-19-18-21(25-23(24-19)28-12-6-3-7-13-28)26-14-16-27(17-15-26)22(29)11-10-20-8-4-2-5-9-20/h18,20H,2-17H2,1H3. The quantitative estimate of drug-likeness (QED) is 0.754. The molecule has 3 aliphatic rings. The minimum atomic E-state index is 0.350. The van der Waals surface area contributed by atoms with Gasteiger partial charge >= 0.3 is 0 Å². The number of piperidine rings is 1. The van der Waals surface area contributed by atoms with Gasteiger partial charge in [-0.2, -0.15) is 4.98 Å². The first-order valence-electron chi connectivity index (χ1n) is 11.8. The Labute approximate surface area is 175 Å². The molecular weight excluding hydrogens is 362 g/mol. The molecule has 3 fully saturated rings. The Hall–Kier alpha value is -1.85. The molecule has 2 saturated heterocycles. The zero-order valence-corrected chi connectivity index (χ0v) is 18.1. The van der Waals surface area contributed by atoms with Gasteiger partial charge in [0.05, 0.1) is 0 Å². The van der Waals surface area contributed by atoms with Gasteiger partial charge in [-0.25, -0.2) is 4.98 Å². The molecule has 0 radical (unpaired) electrons. The SMILES string of the molecule is Cc1cc(N2CCN(C(=O)CCC3CCCCC3)CC2)nc(N2CCCCC2)n1. The summed E-state index contributed by atoms with van der Waals surface area (Å²) in [6.45, 7) is 7.54. The largest absolute Gasteiger partial charge is 0.353 e. The molecule has 1 aromatic rings. The Morgan fingerprint density at radius 1 is 0.897 bits per heavy atom. The second-order valence-corrected chi connectivity index (χ2v) is 9.13. The molecule has 4 rings (SSSR count). The Morgan fingerprint density at radius 2 is 1.59 bits per heavy atom. The number of carbonyl (C=O) groups is 1. The van der Waals surface area contributed by atoms with Gasteiger partial charge in [0, 0.05) is 57.4 Å². The highest BCUT2D eigenvalue weighted by Crippen LogP contribution is 2.28. The van der Waals surface area contributed by atoms with E-state index in [1.165, 1.54) is 51.4 Å². The van der Waals surface area contributed by atoms with Crippen LogP contribution in [0, 0.1) is 12.8 Å². The molecule has 0 bridgehead atoms. The maximum atomic E-state index is 12.7. The Morgan fingerprint density at radius 3 is 2.31 bits per heavy atom. The predicted octanol–water partition coefficient (Wildman–Crippen LogP) is 3.78. The third-order valence-electron chi connectivity index (χ3n) is 6.92. The summed E-state index contributed by atoms with van der Waals surface area (Å²) in [6.07, 6.45) is 12.3. The maximum Gasteiger partial charge on any atom is 0.227 e. The van der Waals surface area contributed by atoms with Crippen LogP contribution in [0.4, 0.5) is 11.8 Å². The smallest absolute Gasteiger partial charge is 0.227 e. The maximum absolute atomic E-state index is 12.7. The molecule has 1 amide bonds.